The number of β-lactam (4-membered cyclic amide) rings is 1. The van der Waals surface area contributed by atoms with Crippen LogP contribution in [0.25, 0.3) is 0 Å². The summed E-state index contributed by atoms with van der Waals surface area (Å²) >= 11 is 1.10. The van der Waals surface area contributed by atoms with E-state index in [9.17, 15) is 24.3 Å². The third-order valence-electron chi connectivity index (χ3n) is 4.99. The van der Waals surface area contributed by atoms with Crippen LogP contribution in [0.3, 0.4) is 0 Å². The number of nitrogens with one attached hydrogen (secondary N) is 1. The number of thioether (sulfide) groups is 1. The van der Waals surface area contributed by atoms with Gasteiger partial charge in [0, 0.05) is 30.4 Å². The van der Waals surface area contributed by atoms with Crippen LogP contribution in [0.2, 0.25) is 0 Å². The van der Waals surface area contributed by atoms with Crippen molar-refractivity contribution >= 4 is 35.6 Å². The van der Waals surface area contributed by atoms with Crippen LogP contribution >= 0.6 is 11.8 Å². The number of nitrogens with zero attached hydrogens (tertiary/aromatic N) is 1. The molecule has 1 fully saturated rings. The second-order valence-electron chi connectivity index (χ2n) is 6.83. The average Bonchev–Trinajstić information content (AvgIpc) is 3.03. The maximum atomic E-state index is 12.9. The van der Waals surface area contributed by atoms with E-state index in [1.54, 1.807) is 12.1 Å². The molecule has 0 unspecified atom stereocenters. The monoisotopic (exact) mass is 453 g/mol. The van der Waals surface area contributed by atoms with Crippen molar-refractivity contribution in [1.29, 1.82) is 0 Å². The summed E-state index contributed by atoms with van der Waals surface area (Å²) in [5.74, 6) is -3.10. The van der Waals surface area contributed by atoms with Crippen LogP contribution in [0.15, 0.2) is 52.5 Å². The summed E-state index contributed by atoms with van der Waals surface area (Å²) in [7, 11) is 0. The van der Waals surface area contributed by atoms with E-state index in [0.29, 0.717) is 11.3 Å². The predicted octanol–water partition coefficient (Wildman–Crippen LogP) is -2.60. The molecule has 158 valence electrons. The number of benzene rings is 1. The Labute approximate surface area is 205 Å². The Balaban J connectivity index is 0.00000341. The molecule has 3 N–H and O–H groups in total. The van der Waals surface area contributed by atoms with E-state index in [4.69, 9.17) is 10.5 Å². The molecule has 1 saturated heterocycles. The number of amides is 3. The summed E-state index contributed by atoms with van der Waals surface area (Å²) in [5, 5.41) is 15.7. The average molecular weight is 453 g/mol. The van der Waals surface area contributed by atoms with Gasteiger partial charge in [0.05, 0.1) is 23.6 Å². The number of rotatable bonds is 8. The Morgan fingerprint density at radius 3 is 2.61 bits per heavy atom. The summed E-state index contributed by atoms with van der Waals surface area (Å²) in [6.07, 6.45) is 0.767. The molecule has 3 amide bonds. The Bertz CT molecular complexity index is 936. The van der Waals surface area contributed by atoms with E-state index in [1.807, 2.05) is 18.2 Å². The fraction of sp³-hybridized carbons (Fsp3) is 0.300. The number of primary amides is 1. The van der Waals surface area contributed by atoms with Gasteiger partial charge in [-0.3, -0.25) is 9.59 Å². The van der Waals surface area contributed by atoms with Crippen LogP contribution in [-0.2, 0) is 19.1 Å². The molecule has 0 bridgehead atoms. The number of carboxylic acid groups (broad SMARTS) is 1. The van der Waals surface area contributed by atoms with Gasteiger partial charge in [0.15, 0.2) is 0 Å². The first-order valence-corrected chi connectivity index (χ1v) is 10.0. The molecule has 1 aromatic rings. The van der Waals surface area contributed by atoms with E-state index in [-0.39, 0.29) is 53.7 Å². The van der Waals surface area contributed by atoms with Gasteiger partial charge < -0.3 is 30.6 Å². The normalized spacial score (nSPS) is 20.5. The summed E-state index contributed by atoms with van der Waals surface area (Å²) in [4.78, 5) is 48.4. The van der Waals surface area contributed by atoms with E-state index in [0.717, 1.165) is 17.3 Å². The minimum absolute atomic E-state index is 0. The molecule has 1 aromatic carbocycles. The number of hydrogen-bond acceptors (Lipinski definition) is 7. The molecular formula is C20H20N3NaO6S. The van der Waals surface area contributed by atoms with Gasteiger partial charge in [0.1, 0.15) is 6.61 Å². The van der Waals surface area contributed by atoms with E-state index < -0.39 is 29.9 Å². The van der Waals surface area contributed by atoms with Crippen molar-refractivity contribution in [3.8, 4) is 0 Å². The maximum Gasteiger partial charge on any atom is 1.00 e. The number of carbonyl (C=O) groups is 4. The first-order valence-electron chi connectivity index (χ1n) is 9.14. The first kappa shape index (κ1) is 25.0. The van der Waals surface area contributed by atoms with Crippen molar-refractivity contribution in [1.82, 2.24) is 10.2 Å². The van der Waals surface area contributed by atoms with Gasteiger partial charge in [-0.25, -0.2) is 4.79 Å². The number of nitrogens with two attached hydrogens (primary N) is 1. The van der Waals surface area contributed by atoms with E-state index in [1.165, 1.54) is 23.4 Å². The molecule has 9 nitrogen and oxygen atoms in total. The maximum absolute atomic E-state index is 12.9. The van der Waals surface area contributed by atoms with Crippen LogP contribution in [0.1, 0.15) is 24.8 Å². The van der Waals surface area contributed by atoms with Crippen molar-refractivity contribution in [2.45, 2.75) is 25.3 Å². The van der Waals surface area contributed by atoms with Crippen molar-refractivity contribution in [2.75, 3.05) is 6.61 Å². The smallest absolute Gasteiger partial charge is 0.543 e. The van der Waals surface area contributed by atoms with Gasteiger partial charge in [-0.15, -0.1) is 0 Å². The van der Waals surface area contributed by atoms with E-state index >= 15 is 0 Å². The summed E-state index contributed by atoms with van der Waals surface area (Å²) in [6, 6.07) is 8.68. The van der Waals surface area contributed by atoms with Crippen LogP contribution in [0.5, 0.6) is 0 Å². The minimum atomic E-state index is -1.44. The van der Waals surface area contributed by atoms with Gasteiger partial charge in [-0.2, -0.15) is 0 Å². The molecule has 2 aliphatic rings. The SMILES string of the molecule is CC(=O)N/C=C/SC1=C(C(=O)[O-])N2C(=O)[C@@H]([C@H](COC(N)=O)c3ccccc3)[C@H]2C1.[Na+]. The zero-order valence-electron chi connectivity index (χ0n) is 17.1. The molecule has 31 heavy (non-hydrogen) atoms. The molecule has 0 radical (unpaired) electrons. The molecule has 0 saturated carbocycles. The zero-order chi connectivity index (χ0) is 21.8. The van der Waals surface area contributed by atoms with Gasteiger partial charge in [-0.05, 0) is 11.0 Å². The van der Waals surface area contributed by atoms with Gasteiger partial charge in [0.25, 0.3) is 0 Å². The Hall–Kier alpha value is -2.27. The molecule has 3 atom stereocenters. The van der Waals surface area contributed by atoms with Crippen molar-refractivity contribution in [3.63, 3.8) is 0 Å². The molecule has 3 rings (SSSR count). The van der Waals surface area contributed by atoms with Crippen molar-refractivity contribution in [2.24, 2.45) is 11.7 Å². The summed E-state index contributed by atoms with van der Waals surface area (Å²) in [5.41, 5.74) is 5.73. The molecule has 0 spiro atoms. The standard InChI is InChI=1S/C20H21N3O6S.Na/c1-11(24)22-7-8-30-15-9-14-16(18(25)23(14)17(15)19(26)27)13(10-29-20(21)28)12-5-3-2-4-6-12;/h2-8,13-14,16H,9-10H2,1H3,(H2,21,28)(H,22,24)(H,26,27);/q;+1/p-1/b8-7+;/t13-,14-,16+;/m1./s1. The number of aliphatic carboxylic acids is 1. The fourth-order valence-electron chi connectivity index (χ4n) is 3.79. The van der Waals surface area contributed by atoms with Crippen LogP contribution in [-0.4, -0.2) is 41.4 Å². The van der Waals surface area contributed by atoms with E-state index in [2.05, 4.69) is 5.32 Å². The van der Waals surface area contributed by atoms with Crippen molar-refractivity contribution in [3.05, 3.63) is 58.1 Å². The topological polar surface area (TPSA) is 142 Å². The molecule has 11 heteroatoms. The third-order valence-corrected chi connectivity index (χ3v) is 5.91. The van der Waals surface area contributed by atoms with Crippen LogP contribution < -0.4 is 45.7 Å². The van der Waals surface area contributed by atoms with Gasteiger partial charge in [0.2, 0.25) is 11.8 Å². The van der Waals surface area contributed by atoms with Crippen LogP contribution in [0.4, 0.5) is 4.79 Å². The van der Waals surface area contributed by atoms with Gasteiger partial charge >= 0.3 is 35.7 Å². The quantitative estimate of drug-likeness (QED) is 0.325. The van der Waals surface area contributed by atoms with Crippen LogP contribution in [0, 0.1) is 5.92 Å². The minimum Gasteiger partial charge on any atom is -0.543 e. The van der Waals surface area contributed by atoms with Gasteiger partial charge in [-0.1, -0.05) is 42.1 Å². The predicted molar refractivity (Wildman–Crippen MR) is 106 cm³/mol. The number of fused-ring (bicyclic) bond motifs is 1. The zero-order valence-corrected chi connectivity index (χ0v) is 19.9. The molecule has 0 aliphatic carbocycles. The molecule has 0 aromatic heterocycles. The number of ether oxygens (including phenoxy) is 1. The number of carbonyl (C=O) groups excluding carboxylic acids is 4. The Morgan fingerprint density at radius 2 is 2.03 bits per heavy atom. The largest absolute Gasteiger partial charge is 1.00 e. The molecular weight excluding hydrogens is 433 g/mol. The molecule has 2 aliphatic heterocycles. The first-order chi connectivity index (χ1) is 14.3. The third kappa shape index (κ3) is 5.51. The fourth-order valence-corrected chi connectivity index (χ4v) is 4.65. The summed E-state index contributed by atoms with van der Waals surface area (Å²) in [6.45, 7) is 1.26. The number of hydrogen-bond donors (Lipinski definition) is 2. The second-order valence-corrected chi connectivity index (χ2v) is 7.83. The second kappa shape index (κ2) is 10.9. The Kier molecular flexibility index (Phi) is 8.75. The number of carboxylic acids is 1. The Morgan fingerprint density at radius 1 is 1.35 bits per heavy atom. The molecule has 2 heterocycles. The van der Waals surface area contributed by atoms with Crippen molar-refractivity contribution < 1.29 is 58.6 Å². The summed E-state index contributed by atoms with van der Waals surface area (Å²) < 4.78 is 4.98.